The fourth-order valence-corrected chi connectivity index (χ4v) is 8.15. The summed E-state index contributed by atoms with van der Waals surface area (Å²) < 4.78 is 0. The van der Waals surface area contributed by atoms with Crippen LogP contribution in [-0.4, -0.2) is 5.11 Å². The van der Waals surface area contributed by atoms with Gasteiger partial charge in [0.25, 0.3) is 0 Å². The van der Waals surface area contributed by atoms with Gasteiger partial charge in [-0.15, -0.1) is 0 Å². The second kappa shape index (κ2) is 8.19. The summed E-state index contributed by atoms with van der Waals surface area (Å²) in [4.78, 5) is 0. The van der Waals surface area contributed by atoms with Gasteiger partial charge < -0.3 is 5.11 Å². The van der Waals surface area contributed by atoms with Gasteiger partial charge in [0.2, 0.25) is 0 Å². The predicted octanol–water partition coefficient (Wildman–Crippen LogP) is 5.54. The number of halogens is 1. The largest absolute Gasteiger partial charge is 0.508 e. The number of phenolic OH excluding ortho intramolecular Hbond substituents is 1. The number of rotatable bonds is 5. The molecule has 0 aliphatic rings. The van der Waals surface area contributed by atoms with Gasteiger partial charge in [0.05, 0.1) is 0 Å². The zero-order valence-corrected chi connectivity index (χ0v) is 17.0. The van der Waals surface area contributed by atoms with Gasteiger partial charge in [-0.2, -0.15) is 0 Å². The third-order valence-corrected chi connectivity index (χ3v) is 9.63. The Morgan fingerprint density at radius 1 is 0.607 bits per heavy atom. The van der Waals surface area contributed by atoms with Crippen LogP contribution in [0.3, 0.4) is 0 Å². The molecule has 0 atom stereocenters. The van der Waals surface area contributed by atoms with Crippen LogP contribution in [0.2, 0.25) is 5.02 Å². The van der Waals surface area contributed by atoms with E-state index in [4.69, 9.17) is 11.6 Å². The van der Waals surface area contributed by atoms with Crippen LogP contribution in [0.4, 0.5) is 0 Å². The molecule has 28 heavy (non-hydrogen) atoms. The first kappa shape index (κ1) is 18.7. The fraction of sp³-hybridized carbons (Fsp3) is 0.0400. The van der Waals surface area contributed by atoms with Gasteiger partial charge in [-0.1, -0.05) is 66.2 Å². The zero-order chi connectivity index (χ0) is 19.4. The second-order valence-electron chi connectivity index (χ2n) is 6.75. The third-order valence-electron chi connectivity index (χ3n) is 5.04. The maximum absolute atomic E-state index is 10.6. The Morgan fingerprint density at radius 2 is 1.04 bits per heavy atom. The maximum atomic E-state index is 10.6. The first-order valence-corrected chi connectivity index (χ1v) is 11.6. The van der Waals surface area contributed by atoms with Crippen LogP contribution >= 0.6 is 18.9 Å². The van der Waals surface area contributed by atoms with Gasteiger partial charge in [0, 0.05) is 10.6 Å². The van der Waals surface area contributed by atoms with E-state index in [0.29, 0.717) is 11.2 Å². The molecular weight excluding hydrogens is 383 g/mol. The Labute approximate surface area is 171 Å². The molecule has 138 valence electrons. The lowest BCUT2D eigenvalue weighted by atomic mass is 10.2. The smallest absolute Gasteiger partial charge is 0.122 e. The van der Waals surface area contributed by atoms with Crippen molar-refractivity contribution in [1.29, 1.82) is 0 Å². The highest BCUT2D eigenvalue weighted by Gasteiger charge is 2.45. The molecule has 0 unspecified atom stereocenters. The summed E-state index contributed by atoms with van der Waals surface area (Å²) in [7, 11) is -2.04. The van der Waals surface area contributed by atoms with Crippen molar-refractivity contribution < 1.29 is 5.11 Å². The lowest BCUT2D eigenvalue weighted by Crippen LogP contribution is -2.32. The minimum atomic E-state index is -2.04. The van der Waals surface area contributed by atoms with Gasteiger partial charge in [0.15, 0.2) is 0 Å². The predicted molar refractivity (Wildman–Crippen MR) is 122 cm³/mol. The molecule has 4 aromatic rings. The molecule has 0 saturated carbocycles. The van der Waals surface area contributed by atoms with Crippen LogP contribution in [0.1, 0.15) is 5.56 Å². The van der Waals surface area contributed by atoms with Crippen molar-refractivity contribution >= 4 is 34.8 Å². The van der Waals surface area contributed by atoms with E-state index in [1.165, 1.54) is 15.9 Å². The zero-order valence-electron chi connectivity index (χ0n) is 15.4. The summed E-state index contributed by atoms with van der Waals surface area (Å²) in [6.45, 7) is 0. The number of hydrogen-bond donors (Lipinski definition) is 1. The molecule has 0 fully saturated rings. The Hall–Kier alpha value is -2.60. The quantitative estimate of drug-likeness (QED) is 0.434. The maximum Gasteiger partial charge on any atom is 0.122 e. The lowest BCUT2D eigenvalue weighted by Gasteiger charge is -2.28. The Balaban J connectivity index is 2.02. The molecule has 3 heteroatoms. The van der Waals surface area contributed by atoms with Crippen LogP contribution < -0.4 is 15.9 Å². The Kier molecular flexibility index (Phi) is 5.48. The number of aromatic hydroxyl groups is 1. The van der Waals surface area contributed by atoms with Gasteiger partial charge in [0.1, 0.15) is 35.1 Å². The number of benzene rings is 4. The van der Waals surface area contributed by atoms with E-state index in [2.05, 4.69) is 72.8 Å². The summed E-state index contributed by atoms with van der Waals surface area (Å²) in [6, 6.07) is 37.2. The van der Waals surface area contributed by atoms with Gasteiger partial charge >= 0.3 is 0 Å². The summed E-state index contributed by atoms with van der Waals surface area (Å²) in [6.07, 6.45) is 0.706. The molecule has 0 aliphatic heterocycles. The third kappa shape index (κ3) is 3.56. The van der Waals surface area contributed by atoms with Crippen molar-refractivity contribution in [3.8, 4) is 5.75 Å². The summed E-state index contributed by atoms with van der Waals surface area (Å²) in [5.74, 6) is 0.288. The average molecular weight is 404 g/mol. The Morgan fingerprint density at radius 3 is 1.46 bits per heavy atom. The van der Waals surface area contributed by atoms with Crippen molar-refractivity contribution in [2.45, 2.75) is 6.16 Å². The monoisotopic (exact) mass is 403 g/mol. The standard InChI is InChI=1S/C25H20ClOP/c26-21-16-17-25(27)20(18-21)19-28(22-10-4-1-5-11-22,23-12-6-2-7-13-23)24-14-8-3-9-15-24/h1-18H,19H2/p+1. The van der Waals surface area contributed by atoms with Gasteiger partial charge in [-0.3, -0.25) is 0 Å². The molecule has 0 bridgehead atoms. The van der Waals surface area contributed by atoms with E-state index in [-0.39, 0.29) is 5.75 Å². The van der Waals surface area contributed by atoms with E-state index in [1.807, 2.05) is 24.3 Å². The normalized spacial score (nSPS) is 11.3. The van der Waals surface area contributed by atoms with E-state index in [1.54, 1.807) is 12.1 Å². The van der Waals surface area contributed by atoms with Crippen LogP contribution in [-0.2, 0) is 6.16 Å². The summed E-state index contributed by atoms with van der Waals surface area (Å²) in [5, 5.41) is 15.1. The van der Waals surface area contributed by atoms with Crippen molar-refractivity contribution in [1.82, 2.24) is 0 Å². The van der Waals surface area contributed by atoms with Crippen molar-refractivity contribution in [2.24, 2.45) is 0 Å². The summed E-state index contributed by atoms with van der Waals surface area (Å²) in [5.41, 5.74) is 0.873. The van der Waals surface area contributed by atoms with Crippen LogP contribution in [0.5, 0.6) is 5.75 Å². The fourth-order valence-electron chi connectivity index (χ4n) is 3.70. The van der Waals surface area contributed by atoms with Crippen molar-refractivity contribution in [2.75, 3.05) is 0 Å². The molecule has 4 rings (SSSR count). The molecular formula is C25H21ClOP+. The molecule has 0 radical (unpaired) electrons. The van der Waals surface area contributed by atoms with E-state index < -0.39 is 7.26 Å². The minimum Gasteiger partial charge on any atom is -0.508 e. The number of hydrogen-bond acceptors (Lipinski definition) is 1. The summed E-state index contributed by atoms with van der Waals surface area (Å²) >= 11 is 6.28. The van der Waals surface area contributed by atoms with Crippen LogP contribution in [0.15, 0.2) is 109 Å². The highest BCUT2D eigenvalue weighted by molar-refractivity contribution is 7.95. The van der Waals surface area contributed by atoms with Crippen molar-refractivity contribution in [3.63, 3.8) is 0 Å². The second-order valence-corrected chi connectivity index (χ2v) is 10.7. The van der Waals surface area contributed by atoms with E-state index >= 15 is 0 Å². The van der Waals surface area contributed by atoms with Gasteiger partial charge in [-0.25, -0.2) is 0 Å². The molecule has 4 aromatic carbocycles. The average Bonchev–Trinajstić information content (AvgIpc) is 2.76. The molecule has 1 nitrogen and oxygen atoms in total. The SMILES string of the molecule is Oc1ccc(Cl)cc1C[P+](c1ccccc1)(c1ccccc1)c1ccccc1. The highest BCUT2D eigenvalue weighted by Crippen LogP contribution is 2.59. The highest BCUT2D eigenvalue weighted by atomic mass is 35.5. The minimum absolute atomic E-state index is 0.288. The number of phenols is 1. The topological polar surface area (TPSA) is 20.2 Å². The molecule has 0 spiro atoms. The molecule has 0 amide bonds. The van der Waals surface area contributed by atoms with Crippen molar-refractivity contribution in [3.05, 3.63) is 120 Å². The molecule has 1 N–H and O–H groups in total. The molecule has 0 aromatic heterocycles. The van der Waals surface area contributed by atoms with E-state index in [9.17, 15) is 5.11 Å². The first-order valence-electron chi connectivity index (χ1n) is 9.22. The first-order chi connectivity index (χ1) is 13.7. The Bertz CT molecular complexity index is 953. The lowest BCUT2D eigenvalue weighted by molar-refractivity contribution is 0.470. The van der Waals surface area contributed by atoms with Crippen LogP contribution in [0, 0.1) is 0 Å². The molecule has 0 saturated heterocycles. The van der Waals surface area contributed by atoms with Gasteiger partial charge in [-0.05, 0) is 54.6 Å². The molecule has 0 heterocycles. The molecule has 0 aliphatic carbocycles. The van der Waals surface area contributed by atoms with Crippen LogP contribution in [0.25, 0.3) is 0 Å². The van der Waals surface area contributed by atoms with E-state index in [0.717, 1.165) is 5.56 Å².